The number of benzene rings is 1. The van der Waals surface area contributed by atoms with Crippen molar-refractivity contribution in [3.05, 3.63) is 24.3 Å². The van der Waals surface area contributed by atoms with Gasteiger partial charge in [-0.25, -0.2) is 0 Å². The lowest BCUT2D eigenvalue weighted by molar-refractivity contribution is 0.281. The van der Waals surface area contributed by atoms with Crippen LogP contribution in [0.5, 0.6) is 11.5 Å². The molecule has 1 aromatic rings. The summed E-state index contributed by atoms with van der Waals surface area (Å²) in [7, 11) is 5.47. The highest BCUT2D eigenvalue weighted by Crippen LogP contribution is 2.19. The quantitative estimate of drug-likeness (QED) is 0.361. The van der Waals surface area contributed by atoms with Crippen LogP contribution in [0.25, 0.3) is 0 Å². The van der Waals surface area contributed by atoms with Crippen LogP contribution in [0.15, 0.2) is 29.3 Å². The molecule has 1 N–H and O–H groups in total. The number of thioether (sulfide) groups is 1. The number of nitrogens with zero attached hydrogens (tertiary/aromatic N) is 2. The van der Waals surface area contributed by atoms with Crippen LogP contribution in [0.2, 0.25) is 0 Å². The minimum absolute atomic E-state index is 0. The third-order valence-corrected chi connectivity index (χ3v) is 4.80. The van der Waals surface area contributed by atoms with Crippen molar-refractivity contribution >= 4 is 41.7 Å². The number of ether oxygens (including phenoxy) is 2. The molecule has 0 unspecified atom stereocenters. The summed E-state index contributed by atoms with van der Waals surface area (Å²) >= 11 is 1.84. The number of methoxy groups -OCH3 is 1. The van der Waals surface area contributed by atoms with E-state index in [1.165, 1.54) is 0 Å². The fraction of sp³-hybridized carbons (Fsp3) is 0.588. The Hall–Kier alpha value is -0.830. The van der Waals surface area contributed by atoms with Gasteiger partial charge in [-0.15, -0.1) is 24.0 Å². The van der Waals surface area contributed by atoms with Gasteiger partial charge in [0.25, 0.3) is 0 Å². The minimum Gasteiger partial charge on any atom is -0.497 e. The van der Waals surface area contributed by atoms with Crippen LogP contribution in [0.1, 0.15) is 13.8 Å². The van der Waals surface area contributed by atoms with Gasteiger partial charge in [0.1, 0.15) is 18.1 Å². The Bertz CT molecular complexity index is 495. The minimum atomic E-state index is 0. The zero-order chi connectivity index (χ0) is 17.3. The maximum absolute atomic E-state index is 5.75. The number of rotatable bonds is 8. The first-order valence-corrected chi connectivity index (χ1v) is 8.88. The Labute approximate surface area is 167 Å². The predicted octanol–water partition coefficient (Wildman–Crippen LogP) is 3.34. The second-order valence-corrected chi connectivity index (χ2v) is 7.32. The van der Waals surface area contributed by atoms with E-state index < -0.39 is 0 Å². The number of hydrogen-bond donors (Lipinski definition) is 1. The van der Waals surface area contributed by atoms with Gasteiger partial charge in [-0.1, -0.05) is 0 Å². The molecule has 1 rings (SSSR count). The van der Waals surface area contributed by atoms with Crippen LogP contribution < -0.4 is 14.8 Å². The second kappa shape index (κ2) is 11.7. The van der Waals surface area contributed by atoms with Crippen molar-refractivity contribution in [3.63, 3.8) is 0 Å². The van der Waals surface area contributed by atoms with Gasteiger partial charge in [-0.2, -0.15) is 11.8 Å². The van der Waals surface area contributed by atoms with Crippen molar-refractivity contribution in [2.75, 3.05) is 47.2 Å². The number of nitrogens with one attached hydrogen (secondary N) is 1. The summed E-state index contributed by atoms with van der Waals surface area (Å²) in [5.41, 5.74) is 0. The molecule has 0 aliphatic carbocycles. The van der Waals surface area contributed by atoms with Gasteiger partial charge in [0.2, 0.25) is 0 Å². The van der Waals surface area contributed by atoms with Gasteiger partial charge in [0.05, 0.1) is 13.7 Å². The molecule has 0 radical (unpaired) electrons. The Morgan fingerprint density at radius 2 is 1.83 bits per heavy atom. The standard InChI is InChI=1S/C17H29N3O2S.HI/c1-17(2,23-6)13-19-16(18-3)20(4)11-12-22-15-9-7-14(21-5)8-10-15;/h7-10H,11-13H2,1-6H3,(H,18,19);1H. The molecule has 0 heterocycles. The number of aliphatic imine (C=N–C) groups is 1. The first kappa shape index (κ1) is 23.2. The highest BCUT2D eigenvalue weighted by atomic mass is 127. The lowest BCUT2D eigenvalue weighted by Crippen LogP contribution is -2.45. The van der Waals surface area contributed by atoms with Gasteiger partial charge >= 0.3 is 0 Å². The van der Waals surface area contributed by atoms with Crippen molar-refractivity contribution < 1.29 is 9.47 Å². The van der Waals surface area contributed by atoms with Gasteiger partial charge in [0.15, 0.2) is 5.96 Å². The predicted molar refractivity (Wildman–Crippen MR) is 115 cm³/mol. The third-order valence-electron chi connectivity index (χ3n) is 3.55. The van der Waals surface area contributed by atoms with Crippen LogP contribution in [-0.2, 0) is 0 Å². The van der Waals surface area contributed by atoms with Gasteiger partial charge < -0.3 is 19.7 Å². The zero-order valence-corrected chi connectivity index (χ0v) is 18.6. The average molecular weight is 467 g/mol. The number of guanidine groups is 1. The van der Waals surface area contributed by atoms with Crippen molar-refractivity contribution in [2.45, 2.75) is 18.6 Å². The summed E-state index contributed by atoms with van der Waals surface area (Å²) < 4.78 is 11.1. The lowest BCUT2D eigenvalue weighted by atomic mass is 10.2. The summed E-state index contributed by atoms with van der Waals surface area (Å²) in [6.45, 7) is 6.64. The Balaban J connectivity index is 0.00000529. The first-order chi connectivity index (χ1) is 10.9. The van der Waals surface area contributed by atoms with E-state index in [2.05, 4.69) is 35.3 Å². The Morgan fingerprint density at radius 1 is 1.25 bits per heavy atom. The average Bonchev–Trinajstić information content (AvgIpc) is 2.56. The molecule has 0 aliphatic rings. The zero-order valence-electron chi connectivity index (χ0n) is 15.5. The highest BCUT2D eigenvalue weighted by Gasteiger charge is 2.17. The number of halogens is 1. The van der Waals surface area contributed by atoms with Crippen molar-refractivity contribution in [2.24, 2.45) is 4.99 Å². The van der Waals surface area contributed by atoms with Crippen molar-refractivity contribution in [1.29, 1.82) is 0 Å². The van der Waals surface area contributed by atoms with Crippen molar-refractivity contribution in [1.82, 2.24) is 10.2 Å². The molecule has 138 valence electrons. The maximum Gasteiger partial charge on any atom is 0.193 e. The lowest BCUT2D eigenvalue weighted by Gasteiger charge is -2.27. The topological polar surface area (TPSA) is 46.1 Å². The van der Waals surface area contributed by atoms with Crippen LogP contribution >= 0.6 is 35.7 Å². The third kappa shape index (κ3) is 8.32. The van der Waals surface area contributed by atoms with Crippen LogP contribution in [0.3, 0.4) is 0 Å². The fourth-order valence-corrected chi connectivity index (χ4v) is 2.04. The largest absolute Gasteiger partial charge is 0.497 e. The van der Waals surface area contributed by atoms with E-state index in [-0.39, 0.29) is 28.7 Å². The van der Waals surface area contributed by atoms with E-state index in [4.69, 9.17) is 9.47 Å². The van der Waals surface area contributed by atoms with Gasteiger partial charge in [-0.3, -0.25) is 4.99 Å². The maximum atomic E-state index is 5.75. The summed E-state index contributed by atoms with van der Waals surface area (Å²) in [5.74, 6) is 2.55. The van der Waals surface area contributed by atoms with Crippen LogP contribution in [0, 0.1) is 0 Å². The SMILES string of the molecule is CN=C(NCC(C)(C)SC)N(C)CCOc1ccc(OC)cc1.I. The van der Waals surface area contributed by atoms with E-state index in [9.17, 15) is 0 Å². The monoisotopic (exact) mass is 467 g/mol. The van der Waals surface area contributed by atoms with E-state index in [1.54, 1.807) is 14.2 Å². The molecule has 0 amide bonds. The molecule has 5 nitrogen and oxygen atoms in total. The molecule has 0 fully saturated rings. The molecular formula is C17H30IN3O2S. The Morgan fingerprint density at radius 3 is 2.33 bits per heavy atom. The molecule has 0 saturated heterocycles. The molecule has 7 heteroatoms. The summed E-state index contributed by atoms with van der Waals surface area (Å²) in [5, 5.41) is 3.41. The molecule has 0 saturated carbocycles. The molecule has 0 atom stereocenters. The summed E-state index contributed by atoms with van der Waals surface area (Å²) in [6, 6.07) is 7.61. The smallest absolute Gasteiger partial charge is 0.193 e. The molecule has 1 aromatic carbocycles. The van der Waals surface area contributed by atoms with E-state index >= 15 is 0 Å². The summed E-state index contributed by atoms with van der Waals surface area (Å²) in [4.78, 5) is 6.39. The highest BCUT2D eigenvalue weighted by molar-refractivity contribution is 14.0. The Kier molecular flexibility index (Phi) is 11.3. The molecular weight excluding hydrogens is 437 g/mol. The number of likely N-dealkylation sites (N-methyl/N-ethyl adjacent to an activating group) is 1. The van der Waals surface area contributed by atoms with E-state index in [1.807, 2.05) is 43.1 Å². The normalized spacial score (nSPS) is 11.5. The molecule has 0 bridgehead atoms. The van der Waals surface area contributed by atoms with Crippen LogP contribution in [-0.4, -0.2) is 62.8 Å². The van der Waals surface area contributed by atoms with Gasteiger partial charge in [0, 0.05) is 25.4 Å². The second-order valence-electron chi connectivity index (χ2n) is 5.81. The van der Waals surface area contributed by atoms with Gasteiger partial charge in [-0.05, 0) is 44.4 Å². The molecule has 24 heavy (non-hydrogen) atoms. The molecule has 0 aliphatic heterocycles. The fourth-order valence-electron chi connectivity index (χ4n) is 1.83. The number of hydrogen-bond acceptors (Lipinski definition) is 4. The first-order valence-electron chi connectivity index (χ1n) is 7.65. The van der Waals surface area contributed by atoms with E-state index in [0.29, 0.717) is 6.61 Å². The van der Waals surface area contributed by atoms with Crippen LogP contribution in [0.4, 0.5) is 0 Å². The molecule has 0 spiro atoms. The molecule has 0 aromatic heterocycles. The van der Waals surface area contributed by atoms with Crippen molar-refractivity contribution in [3.8, 4) is 11.5 Å². The summed E-state index contributed by atoms with van der Waals surface area (Å²) in [6.07, 6.45) is 2.12. The van der Waals surface area contributed by atoms with E-state index in [0.717, 1.165) is 30.5 Å².